The van der Waals surface area contributed by atoms with Crippen LogP contribution >= 0.6 is 11.3 Å². The Bertz CT molecular complexity index is 2660. The lowest BCUT2D eigenvalue weighted by Crippen LogP contribution is -2.48. The van der Waals surface area contributed by atoms with Crippen LogP contribution in [0.3, 0.4) is 0 Å². The molecule has 0 spiro atoms. The van der Waals surface area contributed by atoms with Gasteiger partial charge in [0.15, 0.2) is 0 Å². The van der Waals surface area contributed by atoms with Crippen molar-refractivity contribution in [3.05, 3.63) is 82.1 Å². The topological polar surface area (TPSA) is 137 Å². The van der Waals surface area contributed by atoms with Gasteiger partial charge in [0.05, 0.1) is 27.9 Å². The number of piperazine rings is 1. The summed E-state index contributed by atoms with van der Waals surface area (Å²) in [6.07, 6.45) is 1.67. The normalized spacial score (nSPS) is 21.9. The molecule has 13 nitrogen and oxygen atoms in total. The number of benzene rings is 3. The summed E-state index contributed by atoms with van der Waals surface area (Å²) in [6.45, 7) is 9.67. The maximum Gasteiger partial charge on any atom is 0.329 e. The van der Waals surface area contributed by atoms with Crippen molar-refractivity contribution in [3.63, 3.8) is 0 Å². The highest BCUT2D eigenvalue weighted by Gasteiger charge is 2.32. The van der Waals surface area contributed by atoms with Gasteiger partial charge in [-0.15, -0.1) is 11.3 Å². The van der Waals surface area contributed by atoms with Gasteiger partial charge < -0.3 is 20.4 Å². The summed E-state index contributed by atoms with van der Waals surface area (Å²) in [5, 5.41) is 11.1. The zero-order valence-electron chi connectivity index (χ0n) is 32.1. The Kier molecular flexibility index (Phi) is 8.78. The minimum absolute atomic E-state index is 0.0194. The molecule has 292 valence electrons. The predicted octanol–water partition coefficient (Wildman–Crippen LogP) is 4.94. The van der Waals surface area contributed by atoms with E-state index in [-0.39, 0.29) is 30.0 Å². The van der Waals surface area contributed by atoms with Crippen LogP contribution in [-0.4, -0.2) is 95.1 Å². The van der Waals surface area contributed by atoms with Crippen LogP contribution in [0.2, 0.25) is 0 Å². The lowest BCUT2D eigenvalue weighted by Gasteiger charge is -2.37. The molecule has 3 aromatic carbocycles. The van der Waals surface area contributed by atoms with E-state index in [2.05, 4.69) is 91.3 Å². The molecule has 0 saturated carbocycles. The third-order valence-corrected chi connectivity index (χ3v) is 13.5. The third kappa shape index (κ3) is 6.31. The third-order valence-electron chi connectivity index (χ3n) is 12.4. The monoisotopic (exact) mass is 783 g/mol. The molecule has 0 bridgehead atoms. The van der Waals surface area contributed by atoms with E-state index in [0.29, 0.717) is 24.4 Å². The highest BCUT2D eigenvalue weighted by molar-refractivity contribution is 7.21. The number of nitrogens with one attached hydrogen (secondary N) is 3. The lowest BCUT2D eigenvalue weighted by atomic mass is 10.1. The van der Waals surface area contributed by atoms with Crippen molar-refractivity contribution in [1.29, 1.82) is 0 Å². The number of fused-ring (bicyclic) bond motifs is 6. The maximum absolute atomic E-state index is 13.3. The number of aryl methyl sites for hydroxylation is 1. The number of nitrogens with zero attached hydrogens (tertiary/aromatic N) is 6. The second-order valence-corrected chi connectivity index (χ2v) is 17.1. The molecule has 6 aromatic rings. The Balaban J connectivity index is 0.764. The standard InChI is InChI=1S/C43H45N9O4S/c1-25-22-44-39-38-30-8-9-31(46-32(30)10-13-36(38)57-40(39)42(55)45-25)27-3-5-28(6-4-27)50-19-17-49(18-20-50)23-26-15-16-51(24-26)29-7-11-33-35(21-29)48(2)43(56)52(33)34-12-14-37(53)47-41(34)54/h3-11,13,21,25-26,34,44H,12,14-20,22-24H2,1-2H3,(H,45,55)(H,47,53,54)/t25-,26+,34?/m1/s1. The van der Waals surface area contributed by atoms with Crippen LogP contribution in [0.5, 0.6) is 0 Å². The van der Waals surface area contributed by atoms with E-state index >= 15 is 0 Å². The molecule has 7 heterocycles. The van der Waals surface area contributed by atoms with Gasteiger partial charge in [0, 0.05) is 104 Å². The zero-order valence-corrected chi connectivity index (χ0v) is 32.9. The number of anilines is 3. The molecule has 3 amide bonds. The molecule has 4 aliphatic rings. The van der Waals surface area contributed by atoms with Crippen molar-refractivity contribution in [3.8, 4) is 11.3 Å². The Morgan fingerprint density at radius 2 is 1.65 bits per heavy atom. The molecule has 14 heteroatoms. The molecule has 0 aliphatic carbocycles. The second kappa shape index (κ2) is 14.0. The first-order valence-electron chi connectivity index (χ1n) is 20.0. The number of imide groups is 1. The smallest absolute Gasteiger partial charge is 0.329 e. The number of rotatable bonds is 6. The van der Waals surface area contributed by atoms with E-state index < -0.39 is 11.9 Å². The van der Waals surface area contributed by atoms with Crippen molar-refractivity contribution in [2.75, 3.05) is 67.5 Å². The second-order valence-electron chi connectivity index (χ2n) is 16.1. The molecule has 3 aromatic heterocycles. The van der Waals surface area contributed by atoms with E-state index in [1.165, 1.54) is 17.0 Å². The SMILES string of the molecule is C[C@@H]1CNc2c(sc3ccc4nc(-c5ccc(N6CCN(C[C@@H]7CCN(c8ccc9c(c8)n(C)c(=O)n9C8CCC(=O)NC8=O)C7)CC6)cc5)ccc4c23)C(=O)N1. The van der Waals surface area contributed by atoms with Gasteiger partial charge in [0.2, 0.25) is 11.8 Å². The summed E-state index contributed by atoms with van der Waals surface area (Å²) < 4.78 is 4.23. The summed E-state index contributed by atoms with van der Waals surface area (Å²) >= 11 is 1.53. The number of thiophene rings is 1. The van der Waals surface area contributed by atoms with Gasteiger partial charge >= 0.3 is 5.69 Å². The fraction of sp³-hybridized carbons (Fsp3) is 0.372. The van der Waals surface area contributed by atoms with Crippen molar-refractivity contribution >= 4 is 78.1 Å². The fourth-order valence-corrected chi connectivity index (χ4v) is 10.4. The van der Waals surface area contributed by atoms with Gasteiger partial charge in [-0.05, 0) is 80.3 Å². The molecule has 10 rings (SSSR count). The molecule has 1 unspecified atom stereocenters. The molecular formula is C43H45N9O4S. The van der Waals surface area contributed by atoms with Crippen molar-refractivity contribution in [2.45, 2.75) is 38.3 Å². The van der Waals surface area contributed by atoms with Gasteiger partial charge in [-0.2, -0.15) is 0 Å². The van der Waals surface area contributed by atoms with Crippen LogP contribution < -0.4 is 31.4 Å². The first kappa shape index (κ1) is 35.7. The van der Waals surface area contributed by atoms with Crippen molar-refractivity contribution in [2.24, 2.45) is 13.0 Å². The number of pyridine rings is 1. The van der Waals surface area contributed by atoms with Gasteiger partial charge in [-0.1, -0.05) is 12.1 Å². The molecular weight excluding hydrogens is 739 g/mol. The number of carbonyl (C=O) groups excluding carboxylic acids is 3. The van der Waals surface area contributed by atoms with E-state index in [0.717, 1.165) is 106 Å². The molecule has 3 atom stereocenters. The lowest BCUT2D eigenvalue weighted by molar-refractivity contribution is -0.135. The number of amides is 3. The van der Waals surface area contributed by atoms with E-state index in [1.54, 1.807) is 16.2 Å². The Morgan fingerprint density at radius 3 is 2.46 bits per heavy atom. The summed E-state index contributed by atoms with van der Waals surface area (Å²) in [4.78, 5) is 63.7. The number of hydrogen-bond donors (Lipinski definition) is 3. The van der Waals surface area contributed by atoms with Crippen LogP contribution in [-0.2, 0) is 16.6 Å². The fourth-order valence-electron chi connectivity index (χ4n) is 9.28. The number of hydrogen-bond acceptors (Lipinski definition) is 10. The number of aromatic nitrogens is 3. The number of imidazole rings is 1. The van der Waals surface area contributed by atoms with E-state index in [4.69, 9.17) is 4.98 Å². The van der Waals surface area contributed by atoms with E-state index in [1.807, 2.05) is 13.0 Å². The van der Waals surface area contributed by atoms with E-state index in [9.17, 15) is 19.2 Å². The average Bonchev–Trinajstić information content (AvgIpc) is 3.89. The number of piperidine rings is 1. The Morgan fingerprint density at radius 1 is 0.842 bits per heavy atom. The van der Waals surface area contributed by atoms with Crippen molar-refractivity contribution < 1.29 is 14.4 Å². The molecule has 3 N–H and O–H groups in total. The average molecular weight is 784 g/mol. The summed E-state index contributed by atoms with van der Waals surface area (Å²) in [5.41, 5.74) is 7.42. The molecule has 4 aliphatic heterocycles. The van der Waals surface area contributed by atoms with Gasteiger partial charge in [-0.3, -0.25) is 33.7 Å². The van der Waals surface area contributed by atoms with Gasteiger partial charge in [0.25, 0.3) is 5.91 Å². The molecule has 3 fully saturated rings. The van der Waals surface area contributed by atoms with Crippen LogP contribution in [0.4, 0.5) is 17.1 Å². The summed E-state index contributed by atoms with van der Waals surface area (Å²) in [7, 11) is 1.75. The largest absolute Gasteiger partial charge is 0.381 e. The predicted molar refractivity (Wildman–Crippen MR) is 226 cm³/mol. The molecule has 57 heavy (non-hydrogen) atoms. The van der Waals surface area contributed by atoms with Crippen molar-refractivity contribution in [1.82, 2.24) is 29.7 Å². The quantitative estimate of drug-likeness (QED) is 0.201. The summed E-state index contributed by atoms with van der Waals surface area (Å²) in [5.74, 6) is -0.167. The number of carbonyl (C=O) groups is 3. The molecule has 3 saturated heterocycles. The van der Waals surface area contributed by atoms with Crippen LogP contribution in [0.1, 0.15) is 41.9 Å². The maximum atomic E-state index is 13.3. The first-order valence-corrected chi connectivity index (χ1v) is 20.8. The van der Waals surface area contributed by atoms with Crippen LogP contribution in [0, 0.1) is 5.92 Å². The minimum atomic E-state index is -0.682. The summed E-state index contributed by atoms with van der Waals surface area (Å²) in [6, 6.07) is 22.6. The first-order chi connectivity index (χ1) is 27.7. The van der Waals surface area contributed by atoms with Crippen LogP contribution in [0.25, 0.3) is 43.3 Å². The zero-order chi connectivity index (χ0) is 38.9. The Hall–Kier alpha value is -5.73. The van der Waals surface area contributed by atoms with Crippen LogP contribution in [0.15, 0.2) is 71.5 Å². The van der Waals surface area contributed by atoms with Gasteiger partial charge in [0.1, 0.15) is 10.9 Å². The highest BCUT2D eigenvalue weighted by atomic mass is 32.1. The Labute approximate surface area is 333 Å². The molecule has 0 radical (unpaired) electrons. The highest BCUT2D eigenvalue weighted by Crippen LogP contribution is 2.41. The minimum Gasteiger partial charge on any atom is -0.381 e. The van der Waals surface area contributed by atoms with Gasteiger partial charge in [-0.25, -0.2) is 9.78 Å².